The second kappa shape index (κ2) is 3.14. The van der Waals surface area contributed by atoms with E-state index in [0.717, 1.165) is 12.5 Å². The van der Waals surface area contributed by atoms with E-state index in [-0.39, 0.29) is 0 Å². The first kappa shape index (κ1) is 10.1. The Kier molecular flexibility index (Phi) is 1.87. The molecule has 4 rings (SSSR count). The Bertz CT molecular complexity index is 485. The molecule has 0 amide bonds. The van der Waals surface area contributed by atoms with E-state index in [1.165, 1.54) is 37.8 Å². The Balaban J connectivity index is 1.92. The van der Waals surface area contributed by atoms with Gasteiger partial charge in [0.2, 0.25) is 0 Å². The molecule has 90 valence electrons. The molecule has 1 fully saturated rings. The van der Waals surface area contributed by atoms with Crippen LogP contribution in [0.15, 0.2) is 12.1 Å². The van der Waals surface area contributed by atoms with Crippen molar-refractivity contribution in [2.75, 3.05) is 13.6 Å². The SMILES string of the molecule is Cc1cc2c3c(c1)CN(C)CC3C1(CC2)CC1. The molecule has 0 bridgehead atoms. The number of nitrogens with zero attached hydrogens (tertiary/aromatic N) is 1. The number of rotatable bonds is 0. The average molecular weight is 227 g/mol. The van der Waals surface area contributed by atoms with Crippen molar-refractivity contribution in [2.24, 2.45) is 5.41 Å². The van der Waals surface area contributed by atoms with Crippen LogP contribution in [-0.4, -0.2) is 18.5 Å². The monoisotopic (exact) mass is 227 g/mol. The van der Waals surface area contributed by atoms with Crippen LogP contribution < -0.4 is 0 Å². The fourth-order valence-corrected chi connectivity index (χ4v) is 4.31. The highest BCUT2D eigenvalue weighted by Crippen LogP contribution is 2.63. The standard InChI is InChI=1S/C16H21N/c1-11-7-12-3-4-16(5-6-16)14-10-17(2)9-13(8-11)15(12)14/h7-8,14H,3-6,9-10H2,1-2H3. The summed E-state index contributed by atoms with van der Waals surface area (Å²) in [6.07, 6.45) is 5.75. The van der Waals surface area contributed by atoms with Gasteiger partial charge in [-0.15, -0.1) is 0 Å². The van der Waals surface area contributed by atoms with Crippen LogP contribution in [0.5, 0.6) is 0 Å². The van der Waals surface area contributed by atoms with Gasteiger partial charge in [-0.05, 0) is 61.8 Å². The highest BCUT2D eigenvalue weighted by molar-refractivity contribution is 5.47. The number of hydrogen-bond acceptors (Lipinski definition) is 1. The number of aryl methyl sites for hydroxylation is 2. The van der Waals surface area contributed by atoms with E-state index in [9.17, 15) is 0 Å². The van der Waals surface area contributed by atoms with Crippen LogP contribution in [0.25, 0.3) is 0 Å². The second-order valence-corrected chi connectivity index (χ2v) is 6.61. The maximum atomic E-state index is 2.53. The van der Waals surface area contributed by atoms with E-state index in [1.807, 2.05) is 0 Å². The van der Waals surface area contributed by atoms with Crippen molar-refractivity contribution in [1.82, 2.24) is 4.90 Å². The van der Waals surface area contributed by atoms with Crippen LogP contribution in [0, 0.1) is 12.3 Å². The number of likely N-dealkylation sites (N-methyl/N-ethyl adjacent to an activating group) is 1. The second-order valence-electron chi connectivity index (χ2n) is 6.61. The van der Waals surface area contributed by atoms with E-state index in [0.29, 0.717) is 5.41 Å². The summed E-state index contributed by atoms with van der Waals surface area (Å²) in [4.78, 5) is 2.53. The zero-order chi connectivity index (χ0) is 11.6. The predicted octanol–water partition coefficient (Wildman–Crippen LogP) is 3.25. The lowest BCUT2D eigenvalue weighted by atomic mass is 9.69. The summed E-state index contributed by atoms with van der Waals surface area (Å²) >= 11 is 0. The third-order valence-electron chi connectivity index (χ3n) is 5.30. The Morgan fingerprint density at radius 2 is 1.94 bits per heavy atom. The zero-order valence-electron chi connectivity index (χ0n) is 10.9. The van der Waals surface area contributed by atoms with E-state index in [4.69, 9.17) is 0 Å². The van der Waals surface area contributed by atoms with Crippen molar-refractivity contribution in [3.63, 3.8) is 0 Å². The van der Waals surface area contributed by atoms with E-state index >= 15 is 0 Å². The molecule has 1 atom stereocenters. The van der Waals surface area contributed by atoms with Gasteiger partial charge in [0, 0.05) is 19.0 Å². The Morgan fingerprint density at radius 3 is 2.71 bits per heavy atom. The van der Waals surface area contributed by atoms with Crippen LogP contribution >= 0.6 is 0 Å². The lowest BCUT2D eigenvalue weighted by Crippen LogP contribution is -2.38. The largest absolute Gasteiger partial charge is 0.301 e. The lowest BCUT2D eigenvalue weighted by Gasteiger charge is -2.42. The van der Waals surface area contributed by atoms with Crippen LogP contribution in [0.1, 0.15) is 47.4 Å². The summed E-state index contributed by atoms with van der Waals surface area (Å²) in [6.45, 7) is 4.71. The first-order valence-electron chi connectivity index (χ1n) is 6.99. The van der Waals surface area contributed by atoms with Gasteiger partial charge in [0.05, 0.1) is 0 Å². The molecular formula is C16H21N. The van der Waals surface area contributed by atoms with Gasteiger partial charge in [0.1, 0.15) is 0 Å². The summed E-state index contributed by atoms with van der Waals surface area (Å²) in [5.74, 6) is 0.848. The van der Waals surface area contributed by atoms with E-state index in [1.54, 1.807) is 16.7 Å². The third-order valence-corrected chi connectivity index (χ3v) is 5.30. The van der Waals surface area contributed by atoms with Crippen LogP contribution in [-0.2, 0) is 13.0 Å². The summed E-state index contributed by atoms with van der Waals surface area (Å²) in [6, 6.07) is 4.88. The van der Waals surface area contributed by atoms with E-state index in [2.05, 4.69) is 31.0 Å². The average Bonchev–Trinajstić information content (AvgIpc) is 3.03. The maximum absolute atomic E-state index is 2.53. The number of fused-ring (bicyclic) bond motifs is 1. The van der Waals surface area contributed by atoms with Crippen molar-refractivity contribution >= 4 is 0 Å². The summed E-state index contributed by atoms with van der Waals surface area (Å²) < 4.78 is 0. The highest BCUT2D eigenvalue weighted by atomic mass is 15.1. The zero-order valence-corrected chi connectivity index (χ0v) is 10.9. The van der Waals surface area contributed by atoms with Crippen molar-refractivity contribution in [1.29, 1.82) is 0 Å². The van der Waals surface area contributed by atoms with Crippen molar-refractivity contribution in [3.05, 3.63) is 34.4 Å². The summed E-state index contributed by atoms with van der Waals surface area (Å²) in [7, 11) is 2.29. The molecule has 1 heterocycles. The minimum atomic E-state index is 0.714. The normalized spacial score (nSPS) is 29.2. The van der Waals surface area contributed by atoms with Crippen LogP contribution in [0.4, 0.5) is 0 Å². The van der Waals surface area contributed by atoms with Crippen molar-refractivity contribution in [3.8, 4) is 0 Å². The molecular weight excluding hydrogens is 206 g/mol. The number of hydrogen-bond donors (Lipinski definition) is 0. The molecule has 0 radical (unpaired) electrons. The van der Waals surface area contributed by atoms with Gasteiger partial charge in [-0.2, -0.15) is 0 Å². The smallest absolute Gasteiger partial charge is 0.0233 e. The third kappa shape index (κ3) is 1.35. The summed E-state index contributed by atoms with van der Waals surface area (Å²) in [5, 5.41) is 0. The predicted molar refractivity (Wildman–Crippen MR) is 70.2 cm³/mol. The van der Waals surface area contributed by atoms with Crippen LogP contribution in [0.2, 0.25) is 0 Å². The molecule has 1 aromatic carbocycles. The minimum absolute atomic E-state index is 0.714. The van der Waals surface area contributed by atoms with Crippen LogP contribution in [0.3, 0.4) is 0 Å². The minimum Gasteiger partial charge on any atom is -0.301 e. The molecule has 1 unspecified atom stereocenters. The molecule has 17 heavy (non-hydrogen) atoms. The molecule has 1 saturated carbocycles. The molecule has 0 saturated heterocycles. The number of benzene rings is 1. The highest BCUT2D eigenvalue weighted by Gasteiger charge is 2.53. The lowest BCUT2D eigenvalue weighted by molar-refractivity contribution is 0.211. The van der Waals surface area contributed by atoms with E-state index < -0.39 is 0 Å². The molecule has 1 nitrogen and oxygen atoms in total. The molecule has 3 aliphatic rings. The topological polar surface area (TPSA) is 3.24 Å². The van der Waals surface area contributed by atoms with Gasteiger partial charge in [-0.1, -0.05) is 17.7 Å². The van der Waals surface area contributed by atoms with Gasteiger partial charge >= 0.3 is 0 Å². The van der Waals surface area contributed by atoms with Gasteiger partial charge in [0.25, 0.3) is 0 Å². The summed E-state index contributed by atoms with van der Waals surface area (Å²) in [5.41, 5.74) is 7.24. The van der Waals surface area contributed by atoms with Gasteiger partial charge in [-0.3, -0.25) is 0 Å². The quantitative estimate of drug-likeness (QED) is 0.657. The van der Waals surface area contributed by atoms with Gasteiger partial charge in [-0.25, -0.2) is 0 Å². The first-order valence-corrected chi connectivity index (χ1v) is 6.99. The van der Waals surface area contributed by atoms with Crippen molar-refractivity contribution in [2.45, 2.75) is 45.1 Å². The molecule has 0 aromatic heterocycles. The molecule has 1 spiro atoms. The van der Waals surface area contributed by atoms with Gasteiger partial charge in [0.15, 0.2) is 0 Å². The van der Waals surface area contributed by atoms with Crippen molar-refractivity contribution < 1.29 is 0 Å². The Morgan fingerprint density at radius 1 is 1.18 bits per heavy atom. The first-order chi connectivity index (χ1) is 8.18. The van der Waals surface area contributed by atoms with Gasteiger partial charge < -0.3 is 4.90 Å². The molecule has 2 aliphatic carbocycles. The Hall–Kier alpha value is -0.820. The fraction of sp³-hybridized carbons (Fsp3) is 0.625. The molecule has 0 N–H and O–H groups in total. The fourth-order valence-electron chi connectivity index (χ4n) is 4.31. The molecule has 1 heteroatoms. The maximum Gasteiger partial charge on any atom is 0.0233 e. The molecule has 1 aromatic rings. The Labute approximate surface area is 104 Å². The molecule has 1 aliphatic heterocycles.